The number of halogens is 5. The first-order valence-electron chi connectivity index (χ1n) is 9.65. The van der Waals surface area contributed by atoms with Gasteiger partial charge in [0.25, 0.3) is 0 Å². The third-order valence-electron chi connectivity index (χ3n) is 7.68. The Morgan fingerprint density at radius 1 is 1.07 bits per heavy atom. The second kappa shape index (κ2) is 5.68. The highest BCUT2D eigenvalue weighted by Crippen LogP contribution is 2.69. The molecule has 3 saturated carbocycles. The van der Waals surface area contributed by atoms with Crippen molar-refractivity contribution in [2.75, 3.05) is 6.79 Å². The summed E-state index contributed by atoms with van der Waals surface area (Å²) < 4.78 is 85.2. The average molecular weight is 408 g/mol. The van der Waals surface area contributed by atoms with Gasteiger partial charge in [-0.3, -0.25) is 4.79 Å². The first kappa shape index (κ1) is 18.8. The molecule has 0 aromatic rings. The number of hydrogen-bond donors (Lipinski definition) is 0. The molecule has 0 N–H and O–H groups in total. The predicted molar refractivity (Wildman–Crippen MR) is 83.7 cm³/mol. The highest BCUT2D eigenvalue weighted by molar-refractivity contribution is 5.66. The van der Waals surface area contributed by atoms with Gasteiger partial charge in [-0.1, -0.05) is 12.2 Å². The highest BCUT2D eigenvalue weighted by atomic mass is 19.4. The maximum atomic E-state index is 15.3. The van der Waals surface area contributed by atoms with E-state index in [0.29, 0.717) is 31.1 Å². The third-order valence-corrected chi connectivity index (χ3v) is 7.68. The van der Waals surface area contributed by atoms with E-state index in [0.717, 1.165) is 12.8 Å². The molecule has 1 heterocycles. The van der Waals surface area contributed by atoms with Gasteiger partial charge >= 0.3 is 23.9 Å². The standard InChI is InChI=1S/C19H21F5O4/c1-8(25)28-18(19(22,23)24)17(20,21)16(26-7-27-18)13-6-11-5-12(13)15-10-3-2-9(4-10)14(11)15/h2-3,9-16H,4-7H2,1H3. The maximum Gasteiger partial charge on any atom is 0.462 e. The van der Waals surface area contributed by atoms with Crippen molar-refractivity contribution in [3.63, 3.8) is 0 Å². The molecule has 0 aromatic heterocycles. The minimum absolute atomic E-state index is 0.104. The zero-order chi connectivity index (χ0) is 20.1. The lowest BCUT2D eigenvalue weighted by molar-refractivity contribution is -0.486. The van der Waals surface area contributed by atoms with Crippen LogP contribution in [0.3, 0.4) is 0 Å². The van der Waals surface area contributed by atoms with Crippen LogP contribution < -0.4 is 0 Å². The number of carbonyl (C=O) groups is 1. The van der Waals surface area contributed by atoms with Crippen molar-refractivity contribution >= 4 is 5.97 Å². The van der Waals surface area contributed by atoms with Gasteiger partial charge in [-0.15, -0.1) is 0 Å². The van der Waals surface area contributed by atoms with Gasteiger partial charge in [-0.25, -0.2) is 0 Å². The molecule has 156 valence electrons. The monoisotopic (exact) mass is 408 g/mol. The Balaban J connectivity index is 1.48. The summed E-state index contributed by atoms with van der Waals surface area (Å²) in [7, 11) is 0. The van der Waals surface area contributed by atoms with Gasteiger partial charge in [0, 0.05) is 6.92 Å². The number of rotatable bonds is 2. The van der Waals surface area contributed by atoms with E-state index >= 15 is 8.78 Å². The van der Waals surface area contributed by atoms with Gasteiger partial charge in [-0.2, -0.15) is 22.0 Å². The van der Waals surface area contributed by atoms with Crippen molar-refractivity contribution in [1.29, 1.82) is 0 Å². The van der Waals surface area contributed by atoms with Crippen molar-refractivity contribution < 1.29 is 41.0 Å². The molecule has 9 atom stereocenters. The summed E-state index contributed by atoms with van der Waals surface area (Å²) in [6, 6.07) is 0. The Kier molecular flexibility index (Phi) is 3.81. The number of hydrogen-bond acceptors (Lipinski definition) is 4. The first-order valence-corrected chi connectivity index (χ1v) is 9.65. The van der Waals surface area contributed by atoms with E-state index < -0.39 is 42.7 Å². The second-order valence-corrected chi connectivity index (χ2v) is 8.84. The Labute approximate surface area is 158 Å². The Morgan fingerprint density at radius 2 is 1.71 bits per heavy atom. The van der Waals surface area contributed by atoms with E-state index in [1.54, 1.807) is 0 Å². The van der Waals surface area contributed by atoms with Crippen molar-refractivity contribution in [3.8, 4) is 0 Å². The van der Waals surface area contributed by atoms with Gasteiger partial charge in [0.1, 0.15) is 6.10 Å². The fourth-order valence-corrected chi connectivity index (χ4v) is 7.01. The van der Waals surface area contributed by atoms with E-state index in [2.05, 4.69) is 21.6 Å². The highest BCUT2D eigenvalue weighted by Gasteiger charge is 2.81. The summed E-state index contributed by atoms with van der Waals surface area (Å²) in [5.74, 6) is -9.46. The van der Waals surface area contributed by atoms with Gasteiger partial charge < -0.3 is 14.2 Å². The van der Waals surface area contributed by atoms with Gasteiger partial charge in [0.2, 0.25) is 0 Å². The van der Waals surface area contributed by atoms with Crippen molar-refractivity contribution in [1.82, 2.24) is 0 Å². The average Bonchev–Trinajstić information content (AvgIpc) is 3.33. The van der Waals surface area contributed by atoms with Crippen LogP contribution in [0.15, 0.2) is 12.2 Å². The zero-order valence-corrected chi connectivity index (χ0v) is 15.1. The van der Waals surface area contributed by atoms with E-state index in [1.807, 2.05) is 0 Å². The zero-order valence-electron chi connectivity index (χ0n) is 15.1. The van der Waals surface area contributed by atoms with Crippen LogP contribution in [-0.4, -0.2) is 36.8 Å². The fraction of sp³-hybridized carbons (Fsp3) is 0.842. The van der Waals surface area contributed by atoms with Crippen LogP contribution in [0.5, 0.6) is 0 Å². The van der Waals surface area contributed by atoms with Crippen LogP contribution in [0.25, 0.3) is 0 Å². The van der Waals surface area contributed by atoms with Gasteiger partial charge in [0.15, 0.2) is 6.79 Å². The maximum absolute atomic E-state index is 15.3. The molecule has 9 unspecified atom stereocenters. The molecule has 0 amide bonds. The number of fused-ring (bicyclic) bond motifs is 9. The molecule has 9 heteroatoms. The smallest absolute Gasteiger partial charge is 0.418 e. The minimum atomic E-state index is -5.60. The molecule has 4 bridgehead atoms. The quantitative estimate of drug-likeness (QED) is 0.301. The summed E-state index contributed by atoms with van der Waals surface area (Å²) in [4.78, 5) is 11.3. The topological polar surface area (TPSA) is 44.8 Å². The summed E-state index contributed by atoms with van der Waals surface area (Å²) in [5.41, 5.74) is 0. The molecule has 5 rings (SSSR count). The van der Waals surface area contributed by atoms with Gasteiger partial charge in [-0.05, 0) is 60.7 Å². The van der Waals surface area contributed by atoms with Crippen LogP contribution in [0.1, 0.15) is 26.2 Å². The molecular weight excluding hydrogens is 387 g/mol. The lowest BCUT2D eigenvalue weighted by Crippen LogP contribution is -2.71. The predicted octanol–water partition coefficient (Wildman–Crippen LogP) is 3.91. The Morgan fingerprint density at radius 3 is 2.36 bits per heavy atom. The molecule has 5 aliphatic rings. The van der Waals surface area contributed by atoms with Crippen LogP contribution in [0.2, 0.25) is 0 Å². The lowest BCUT2D eigenvalue weighted by Gasteiger charge is -2.49. The fourth-order valence-electron chi connectivity index (χ4n) is 7.01. The van der Waals surface area contributed by atoms with E-state index in [-0.39, 0.29) is 17.8 Å². The number of carbonyl (C=O) groups excluding carboxylic acids is 1. The molecule has 0 aromatic carbocycles. The number of alkyl halides is 5. The molecular formula is C19H21F5O4. The van der Waals surface area contributed by atoms with Crippen LogP contribution in [0, 0.1) is 41.4 Å². The number of ether oxygens (including phenoxy) is 3. The molecule has 1 saturated heterocycles. The van der Waals surface area contributed by atoms with Crippen LogP contribution >= 0.6 is 0 Å². The van der Waals surface area contributed by atoms with Crippen molar-refractivity contribution in [2.24, 2.45) is 41.4 Å². The van der Waals surface area contributed by atoms with E-state index in [9.17, 15) is 18.0 Å². The summed E-state index contributed by atoms with van der Waals surface area (Å²) in [5, 5.41) is 0. The van der Waals surface area contributed by atoms with Gasteiger partial charge in [0.05, 0.1) is 0 Å². The second-order valence-electron chi connectivity index (χ2n) is 8.84. The molecule has 0 spiro atoms. The Hall–Kier alpha value is -1.22. The largest absolute Gasteiger partial charge is 0.462 e. The normalized spacial score (nSPS) is 50.8. The first-order chi connectivity index (χ1) is 13.1. The lowest BCUT2D eigenvalue weighted by atomic mass is 9.67. The van der Waals surface area contributed by atoms with E-state index in [4.69, 9.17) is 4.74 Å². The van der Waals surface area contributed by atoms with Crippen LogP contribution in [-0.2, 0) is 19.0 Å². The summed E-state index contributed by atoms with van der Waals surface area (Å²) in [6.07, 6.45) is -1.09. The molecule has 4 aliphatic carbocycles. The third kappa shape index (κ3) is 2.20. The molecule has 28 heavy (non-hydrogen) atoms. The summed E-state index contributed by atoms with van der Waals surface area (Å²) >= 11 is 0. The molecule has 4 fully saturated rings. The van der Waals surface area contributed by atoms with Crippen molar-refractivity contribution in [2.45, 2.75) is 50.2 Å². The summed E-state index contributed by atoms with van der Waals surface area (Å²) in [6.45, 7) is -0.345. The van der Waals surface area contributed by atoms with E-state index in [1.165, 1.54) is 0 Å². The molecule has 0 radical (unpaired) electrons. The van der Waals surface area contributed by atoms with Crippen LogP contribution in [0.4, 0.5) is 22.0 Å². The SMILES string of the molecule is CC(=O)OC1(C(F)(F)F)OCOC(C2CC3CC2C2C4C=CC(C4)C32)C1(F)F. The molecule has 4 nitrogen and oxygen atoms in total. The Bertz CT molecular complexity index is 722. The number of esters is 1. The molecule has 1 aliphatic heterocycles. The number of allylic oxidation sites excluding steroid dienone is 2. The van der Waals surface area contributed by atoms with Crippen molar-refractivity contribution in [3.05, 3.63) is 12.2 Å². The minimum Gasteiger partial charge on any atom is -0.418 e.